The van der Waals surface area contributed by atoms with Gasteiger partial charge in [0.15, 0.2) is 0 Å². The third kappa shape index (κ3) is 3.16. The maximum Gasteiger partial charge on any atom is 0.410 e. The van der Waals surface area contributed by atoms with Crippen molar-refractivity contribution in [1.82, 2.24) is 4.90 Å². The van der Waals surface area contributed by atoms with Gasteiger partial charge in [0.25, 0.3) is 0 Å². The summed E-state index contributed by atoms with van der Waals surface area (Å²) >= 11 is 0. The molecule has 2 aliphatic rings. The predicted molar refractivity (Wildman–Crippen MR) is 90.0 cm³/mol. The van der Waals surface area contributed by atoms with E-state index in [9.17, 15) is 4.79 Å². The number of hydrogen-bond donors (Lipinski definition) is 1. The van der Waals surface area contributed by atoms with Crippen LogP contribution in [0.15, 0.2) is 12.1 Å². The number of amides is 1. The fraction of sp³-hybridized carbons (Fsp3) is 0.588. The lowest BCUT2D eigenvalue weighted by Crippen LogP contribution is -2.59. The van der Waals surface area contributed by atoms with Gasteiger partial charge in [0.05, 0.1) is 11.7 Å². The summed E-state index contributed by atoms with van der Waals surface area (Å²) < 4.78 is 11.4. The number of fused-ring (bicyclic) bond motifs is 3. The van der Waals surface area contributed by atoms with Gasteiger partial charge in [0.2, 0.25) is 0 Å². The van der Waals surface area contributed by atoms with Crippen LogP contribution in [-0.4, -0.2) is 48.9 Å². The van der Waals surface area contributed by atoms with E-state index in [1.54, 1.807) is 4.90 Å². The molecule has 2 aliphatic heterocycles. The van der Waals surface area contributed by atoms with Crippen LogP contribution < -0.4 is 15.4 Å². The first-order valence-electron chi connectivity index (χ1n) is 8.02. The maximum atomic E-state index is 12.3. The zero-order chi connectivity index (χ0) is 16.8. The number of nitrogen functional groups attached to an aromatic ring is 1. The highest BCUT2D eigenvalue weighted by Gasteiger charge is 2.36. The summed E-state index contributed by atoms with van der Waals surface area (Å²) in [5.74, 6) is 0.837. The number of aryl methyl sites for hydroxylation is 1. The molecule has 1 fully saturated rings. The lowest BCUT2D eigenvalue weighted by Gasteiger charge is -2.46. The molecular weight excluding hydrogens is 294 g/mol. The van der Waals surface area contributed by atoms with Crippen LogP contribution in [0.2, 0.25) is 0 Å². The normalized spacial score (nSPS) is 20.4. The molecule has 2 heterocycles. The zero-order valence-electron chi connectivity index (χ0n) is 14.3. The maximum absolute atomic E-state index is 12.3. The second-order valence-electron chi connectivity index (χ2n) is 7.27. The minimum atomic E-state index is -0.474. The van der Waals surface area contributed by atoms with Crippen molar-refractivity contribution in [3.05, 3.63) is 17.7 Å². The quantitative estimate of drug-likeness (QED) is 0.744. The fourth-order valence-electron chi connectivity index (χ4n) is 3.22. The molecule has 0 radical (unpaired) electrons. The molecule has 126 valence electrons. The highest BCUT2D eigenvalue weighted by molar-refractivity contribution is 5.72. The van der Waals surface area contributed by atoms with Crippen LogP contribution in [0.3, 0.4) is 0 Å². The average molecular weight is 319 g/mol. The summed E-state index contributed by atoms with van der Waals surface area (Å²) in [5, 5.41) is 0. The highest BCUT2D eigenvalue weighted by atomic mass is 16.6. The molecule has 6 heteroatoms. The van der Waals surface area contributed by atoms with Crippen molar-refractivity contribution >= 4 is 17.5 Å². The Morgan fingerprint density at radius 1 is 1.35 bits per heavy atom. The predicted octanol–water partition coefficient (Wildman–Crippen LogP) is 2.40. The summed E-state index contributed by atoms with van der Waals surface area (Å²) in [7, 11) is 0. The number of benzene rings is 1. The third-order valence-electron chi connectivity index (χ3n) is 4.14. The van der Waals surface area contributed by atoms with Gasteiger partial charge in [0.1, 0.15) is 18.0 Å². The number of carbonyl (C=O) groups is 1. The fourth-order valence-corrected chi connectivity index (χ4v) is 3.22. The Balaban J connectivity index is 1.76. The summed E-state index contributed by atoms with van der Waals surface area (Å²) in [4.78, 5) is 16.4. The topological polar surface area (TPSA) is 68.0 Å². The summed E-state index contributed by atoms with van der Waals surface area (Å²) in [6, 6.07) is 3.98. The van der Waals surface area contributed by atoms with Gasteiger partial charge < -0.3 is 25.0 Å². The van der Waals surface area contributed by atoms with Gasteiger partial charge in [-0.3, -0.25) is 0 Å². The number of hydrogen-bond acceptors (Lipinski definition) is 5. The Labute approximate surface area is 137 Å². The van der Waals surface area contributed by atoms with Crippen molar-refractivity contribution < 1.29 is 14.3 Å². The number of rotatable bonds is 0. The van der Waals surface area contributed by atoms with Gasteiger partial charge in [0, 0.05) is 31.4 Å². The number of carbonyl (C=O) groups excluding carboxylic acids is 1. The Morgan fingerprint density at radius 2 is 2.09 bits per heavy atom. The van der Waals surface area contributed by atoms with Crippen LogP contribution in [0.4, 0.5) is 16.2 Å². The molecule has 0 aliphatic carbocycles. The molecule has 1 aromatic rings. The van der Waals surface area contributed by atoms with Gasteiger partial charge in [-0.15, -0.1) is 0 Å². The highest BCUT2D eigenvalue weighted by Crippen LogP contribution is 2.39. The van der Waals surface area contributed by atoms with Gasteiger partial charge in [-0.1, -0.05) is 0 Å². The summed E-state index contributed by atoms with van der Waals surface area (Å²) in [5.41, 5.74) is 8.35. The van der Waals surface area contributed by atoms with Crippen LogP contribution in [0.1, 0.15) is 26.3 Å². The minimum Gasteiger partial charge on any atom is -0.489 e. The first-order valence-corrected chi connectivity index (χ1v) is 8.02. The average Bonchev–Trinajstić information content (AvgIpc) is 2.43. The van der Waals surface area contributed by atoms with E-state index in [2.05, 4.69) is 4.90 Å². The Hall–Kier alpha value is -2.11. The van der Waals surface area contributed by atoms with Gasteiger partial charge in [-0.25, -0.2) is 4.79 Å². The second kappa shape index (κ2) is 5.51. The molecule has 1 aromatic carbocycles. The first-order chi connectivity index (χ1) is 10.7. The van der Waals surface area contributed by atoms with E-state index in [-0.39, 0.29) is 12.1 Å². The van der Waals surface area contributed by atoms with Crippen molar-refractivity contribution in [3.8, 4) is 5.75 Å². The largest absolute Gasteiger partial charge is 0.489 e. The van der Waals surface area contributed by atoms with E-state index in [1.807, 2.05) is 39.8 Å². The SMILES string of the molecule is Cc1cc(N)cc2c1N1CCN(C(=O)OC(C)(C)C)C[C@H]1CO2. The van der Waals surface area contributed by atoms with E-state index in [0.717, 1.165) is 23.5 Å². The molecular formula is C17H25N3O3. The van der Waals surface area contributed by atoms with E-state index in [0.29, 0.717) is 25.4 Å². The van der Waals surface area contributed by atoms with Crippen LogP contribution in [0, 0.1) is 6.92 Å². The van der Waals surface area contributed by atoms with E-state index >= 15 is 0 Å². The first kappa shape index (κ1) is 15.8. The number of nitrogens with two attached hydrogens (primary N) is 1. The Kier molecular flexibility index (Phi) is 3.78. The van der Waals surface area contributed by atoms with Crippen molar-refractivity contribution in [2.24, 2.45) is 0 Å². The molecule has 1 atom stereocenters. The molecule has 0 spiro atoms. The lowest BCUT2D eigenvalue weighted by molar-refractivity contribution is 0.0195. The number of nitrogens with zero attached hydrogens (tertiary/aromatic N) is 2. The molecule has 6 nitrogen and oxygen atoms in total. The Morgan fingerprint density at radius 3 is 2.78 bits per heavy atom. The third-order valence-corrected chi connectivity index (χ3v) is 4.14. The molecule has 0 bridgehead atoms. The molecule has 1 saturated heterocycles. The van der Waals surface area contributed by atoms with E-state index < -0.39 is 5.60 Å². The lowest BCUT2D eigenvalue weighted by atomic mass is 10.0. The molecule has 0 aromatic heterocycles. The van der Waals surface area contributed by atoms with Crippen LogP contribution in [0.5, 0.6) is 5.75 Å². The molecule has 2 N–H and O–H groups in total. The van der Waals surface area contributed by atoms with Gasteiger partial charge in [-0.2, -0.15) is 0 Å². The minimum absolute atomic E-state index is 0.145. The zero-order valence-corrected chi connectivity index (χ0v) is 14.3. The van der Waals surface area contributed by atoms with Gasteiger partial charge >= 0.3 is 6.09 Å². The molecule has 1 amide bonds. The van der Waals surface area contributed by atoms with E-state index in [4.69, 9.17) is 15.2 Å². The Bertz CT molecular complexity index is 624. The van der Waals surface area contributed by atoms with Crippen LogP contribution >= 0.6 is 0 Å². The number of piperazine rings is 1. The van der Waals surface area contributed by atoms with Crippen molar-refractivity contribution in [2.75, 3.05) is 36.9 Å². The van der Waals surface area contributed by atoms with Crippen LogP contribution in [0.25, 0.3) is 0 Å². The van der Waals surface area contributed by atoms with Crippen molar-refractivity contribution in [3.63, 3.8) is 0 Å². The second-order valence-corrected chi connectivity index (χ2v) is 7.27. The van der Waals surface area contributed by atoms with Crippen LogP contribution in [-0.2, 0) is 4.74 Å². The van der Waals surface area contributed by atoms with Crippen molar-refractivity contribution in [2.45, 2.75) is 39.3 Å². The standard InChI is InChI=1S/C17H25N3O3/c1-11-7-12(18)8-14-15(11)20-6-5-19(9-13(20)10-22-14)16(21)23-17(2,3)4/h7-8,13H,5-6,9-10,18H2,1-4H3/t13-/m0/s1. The van der Waals surface area contributed by atoms with Crippen molar-refractivity contribution in [1.29, 1.82) is 0 Å². The summed E-state index contributed by atoms with van der Waals surface area (Å²) in [6.45, 7) is 10.3. The smallest absolute Gasteiger partial charge is 0.410 e. The molecule has 0 saturated carbocycles. The molecule has 0 unspecified atom stereocenters. The number of ether oxygens (including phenoxy) is 2. The molecule has 23 heavy (non-hydrogen) atoms. The monoisotopic (exact) mass is 319 g/mol. The van der Waals surface area contributed by atoms with Gasteiger partial charge in [-0.05, 0) is 39.3 Å². The van der Waals surface area contributed by atoms with E-state index in [1.165, 1.54) is 0 Å². The number of anilines is 2. The molecule has 3 rings (SSSR count). The summed E-state index contributed by atoms with van der Waals surface area (Å²) in [6.07, 6.45) is -0.253.